The number of amides is 3. The summed E-state index contributed by atoms with van der Waals surface area (Å²) in [6.45, 7) is 11.4. The number of rotatable bonds is 22. The second-order valence-corrected chi connectivity index (χ2v) is 12.2. The summed E-state index contributed by atoms with van der Waals surface area (Å²) >= 11 is 0. The van der Waals surface area contributed by atoms with Crippen molar-refractivity contribution in [2.75, 3.05) is 32.1 Å². The third-order valence-corrected chi connectivity index (χ3v) is 8.15. The lowest BCUT2D eigenvalue weighted by molar-refractivity contribution is -0.300. The maximum atomic E-state index is 13.8. The quantitative estimate of drug-likeness (QED) is 0.0583. The van der Waals surface area contributed by atoms with E-state index in [9.17, 15) is 29.1 Å². The maximum absolute atomic E-state index is 13.8. The van der Waals surface area contributed by atoms with Gasteiger partial charge in [0.25, 0.3) is 0 Å². The third-order valence-electron chi connectivity index (χ3n) is 8.15. The predicted molar refractivity (Wildman–Crippen MR) is 189 cm³/mol. The van der Waals surface area contributed by atoms with Gasteiger partial charge in [0.05, 0.1) is 30.1 Å². The van der Waals surface area contributed by atoms with E-state index in [1.54, 1.807) is 0 Å². The Labute approximate surface area is 305 Å². The van der Waals surface area contributed by atoms with Gasteiger partial charge in [-0.2, -0.15) is 5.26 Å². The summed E-state index contributed by atoms with van der Waals surface area (Å²) in [6, 6.07) is 7.85. The zero-order valence-electron chi connectivity index (χ0n) is 30.2. The van der Waals surface area contributed by atoms with E-state index in [1.807, 2.05) is 19.9 Å². The van der Waals surface area contributed by atoms with E-state index < -0.39 is 73.1 Å². The number of hydrogen-bond acceptors (Lipinski definition) is 12. The van der Waals surface area contributed by atoms with Gasteiger partial charge in [-0.05, 0) is 49.9 Å². The number of unbranched alkanes of at least 4 members (excludes halogenated alkanes) is 2. The SMILES string of the molecule is C=CC[C@@H](CC(=O)NCCCC)C(=O)O[C@@H]1[C@H](OC(=O)[C@@H](CC=C)CC(=O)NCCCC)[C@@H](OC)O[C@H](CO)[C@H]1OC(=O)Nc1ccc(C#N)cc1. The van der Waals surface area contributed by atoms with Crippen LogP contribution in [0.4, 0.5) is 10.5 Å². The Kier molecular flexibility index (Phi) is 19.7. The minimum absolute atomic E-state index is 0.0457. The van der Waals surface area contributed by atoms with Crippen molar-refractivity contribution in [2.45, 2.75) is 95.9 Å². The molecule has 0 unspecified atom stereocenters. The van der Waals surface area contributed by atoms with Crippen LogP contribution in [0.1, 0.15) is 70.8 Å². The van der Waals surface area contributed by atoms with Crippen molar-refractivity contribution in [3.63, 3.8) is 0 Å². The molecule has 1 fully saturated rings. The van der Waals surface area contributed by atoms with Crippen LogP contribution in [-0.2, 0) is 42.9 Å². The van der Waals surface area contributed by atoms with E-state index in [4.69, 9.17) is 28.9 Å². The lowest BCUT2D eigenvalue weighted by Gasteiger charge is -2.44. The number of aliphatic hydroxyl groups excluding tert-OH is 1. The Morgan fingerprint density at radius 3 is 1.83 bits per heavy atom. The molecule has 286 valence electrons. The minimum Gasteiger partial charge on any atom is -0.454 e. The van der Waals surface area contributed by atoms with E-state index in [0.717, 1.165) is 25.7 Å². The summed E-state index contributed by atoms with van der Waals surface area (Å²) in [7, 11) is 1.24. The van der Waals surface area contributed by atoms with Crippen LogP contribution < -0.4 is 16.0 Å². The molecule has 52 heavy (non-hydrogen) atoms. The van der Waals surface area contributed by atoms with Gasteiger partial charge < -0.3 is 39.4 Å². The molecular formula is C37H52N4O11. The smallest absolute Gasteiger partial charge is 0.412 e. The van der Waals surface area contributed by atoms with Crippen LogP contribution in [0.25, 0.3) is 0 Å². The highest BCUT2D eigenvalue weighted by Crippen LogP contribution is 2.31. The van der Waals surface area contributed by atoms with Crippen LogP contribution in [0, 0.1) is 23.2 Å². The lowest BCUT2D eigenvalue weighted by atomic mass is 9.96. The minimum atomic E-state index is -1.63. The Morgan fingerprint density at radius 1 is 0.865 bits per heavy atom. The molecule has 0 radical (unpaired) electrons. The molecule has 0 aromatic heterocycles. The second kappa shape index (κ2) is 23.6. The topological polar surface area (TPSA) is 212 Å². The van der Waals surface area contributed by atoms with E-state index in [1.165, 1.54) is 43.5 Å². The van der Waals surface area contributed by atoms with Gasteiger partial charge in [-0.25, -0.2) is 4.79 Å². The number of carbonyl (C=O) groups is 5. The van der Waals surface area contributed by atoms with Crippen LogP contribution in [0.3, 0.4) is 0 Å². The van der Waals surface area contributed by atoms with Gasteiger partial charge in [-0.1, -0.05) is 38.8 Å². The molecule has 0 bridgehead atoms. The number of esters is 2. The molecule has 2 rings (SSSR count). The molecule has 1 heterocycles. The average molecular weight is 729 g/mol. The second-order valence-electron chi connectivity index (χ2n) is 12.2. The van der Waals surface area contributed by atoms with Crippen LogP contribution in [-0.4, -0.2) is 92.5 Å². The highest BCUT2D eigenvalue weighted by Gasteiger charge is 2.53. The van der Waals surface area contributed by atoms with Crippen LogP contribution in [0.5, 0.6) is 0 Å². The maximum Gasteiger partial charge on any atom is 0.412 e. The number of hydrogen-bond donors (Lipinski definition) is 4. The Morgan fingerprint density at radius 2 is 1.38 bits per heavy atom. The number of ether oxygens (including phenoxy) is 5. The van der Waals surface area contributed by atoms with E-state index in [2.05, 4.69) is 29.1 Å². The number of carbonyl (C=O) groups excluding carboxylic acids is 5. The molecule has 1 aliphatic rings. The first-order valence-corrected chi connectivity index (χ1v) is 17.5. The molecule has 1 aromatic rings. The number of nitriles is 1. The molecule has 0 saturated carbocycles. The molecule has 3 amide bonds. The van der Waals surface area contributed by atoms with Gasteiger partial charge >= 0.3 is 18.0 Å². The highest BCUT2D eigenvalue weighted by atomic mass is 16.7. The molecule has 0 spiro atoms. The zero-order valence-corrected chi connectivity index (χ0v) is 30.2. The number of allylic oxidation sites excluding steroid dienone is 2. The average Bonchev–Trinajstić information content (AvgIpc) is 3.13. The van der Waals surface area contributed by atoms with Crippen LogP contribution in [0.15, 0.2) is 49.6 Å². The zero-order chi connectivity index (χ0) is 38.5. The van der Waals surface area contributed by atoms with E-state index in [0.29, 0.717) is 18.7 Å². The number of methoxy groups -OCH3 is 1. The molecule has 4 N–H and O–H groups in total. The van der Waals surface area contributed by atoms with Gasteiger partial charge in [0, 0.05) is 38.7 Å². The number of nitrogens with one attached hydrogen (secondary N) is 3. The Hall–Kier alpha value is -4.78. The largest absolute Gasteiger partial charge is 0.454 e. The molecule has 15 heteroatoms. The van der Waals surface area contributed by atoms with Crippen molar-refractivity contribution in [3.05, 3.63) is 55.1 Å². The highest BCUT2D eigenvalue weighted by molar-refractivity contribution is 5.85. The summed E-state index contributed by atoms with van der Waals surface area (Å²) in [5, 5.41) is 27.4. The summed E-state index contributed by atoms with van der Waals surface area (Å²) < 4.78 is 28.8. The third kappa shape index (κ3) is 14.1. The first-order chi connectivity index (χ1) is 25.0. The van der Waals surface area contributed by atoms with Gasteiger partial charge in [0.2, 0.25) is 11.8 Å². The molecule has 1 aromatic carbocycles. The number of benzene rings is 1. The molecule has 15 nitrogen and oxygen atoms in total. The predicted octanol–water partition coefficient (Wildman–Crippen LogP) is 3.66. The van der Waals surface area contributed by atoms with Crippen molar-refractivity contribution in [2.24, 2.45) is 11.8 Å². The first kappa shape index (κ1) is 43.4. The summed E-state index contributed by atoms with van der Waals surface area (Å²) in [6.07, 6.45) is -2.85. The van der Waals surface area contributed by atoms with Crippen molar-refractivity contribution in [1.29, 1.82) is 5.26 Å². The monoisotopic (exact) mass is 728 g/mol. The first-order valence-electron chi connectivity index (χ1n) is 17.5. The van der Waals surface area contributed by atoms with Crippen molar-refractivity contribution in [3.8, 4) is 6.07 Å². The fourth-order valence-corrected chi connectivity index (χ4v) is 5.31. The summed E-state index contributed by atoms with van der Waals surface area (Å²) in [4.78, 5) is 66.0. The lowest BCUT2D eigenvalue weighted by Crippen LogP contribution is -2.63. The van der Waals surface area contributed by atoms with Gasteiger partial charge in [-0.3, -0.25) is 24.5 Å². The van der Waals surface area contributed by atoms with Crippen molar-refractivity contribution < 1.29 is 52.8 Å². The van der Waals surface area contributed by atoms with Crippen molar-refractivity contribution >= 4 is 35.5 Å². The van der Waals surface area contributed by atoms with Crippen LogP contribution in [0.2, 0.25) is 0 Å². The van der Waals surface area contributed by atoms with Crippen LogP contribution >= 0.6 is 0 Å². The molecule has 7 atom stereocenters. The number of aliphatic hydroxyl groups is 1. The van der Waals surface area contributed by atoms with E-state index in [-0.39, 0.29) is 37.3 Å². The van der Waals surface area contributed by atoms with Crippen molar-refractivity contribution in [1.82, 2.24) is 10.6 Å². The normalized spacial score (nSPS) is 20.6. The summed E-state index contributed by atoms with van der Waals surface area (Å²) in [5.41, 5.74) is 0.612. The Bertz CT molecular complexity index is 1380. The standard InChI is InChI=1S/C37H52N4O11/c1-6-10-18-39-29(43)20-25(12-8-3)34(45)50-32-31(52-37(47)41-27-16-14-24(22-38)15-17-27)28(23-42)49-36(48-5)33(32)51-35(46)26(13-9-4)21-30(44)40-19-11-7-2/h8-9,14-17,25-26,28,31-33,36,42H,3-4,6-7,10-13,18-21,23H2,1-2,5H3,(H,39,43)(H,40,44)(H,41,47)/t25-,26-,28+,31+,32-,33-,36-/m0/s1. The molecule has 1 saturated heterocycles. The fraction of sp³-hybridized carbons (Fsp3) is 0.568. The van der Waals surface area contributed by atoms with Gasteiger partial charge in [0.15, 0.2) is 24.6 Å². The van der Waals surface area contributed by atoms with Gasteiger partial charge in [-0.15, -0.1) is 13.2 Å². The number of nitrogens with zero attached hydrogens (tertiary/aromatic N) is 1. The summed E-state index contributed by atoms with van der Waals surface area (Å²) in [5.74, 6) is -4.57. The molecular weight excluding hydrogens is 676 g/mol. The van der Waals surface area contributed by atoms with E-state index >= 15 is 0 Å². The molecule has 1 aliphatic heterocycles. The Balaban J connectivity index is 2.48. The number of anilines is 1. The van der Waals surface area contributed by atoms with Gasteiger partial charge in [0.1, 0.15) is 6.10 Å². The molecule has 0 aliphatic carbocycles. The fourth-order valence-electron chi connectivity index (χ4n) is 5.31.